The number of aromatic nitrogens is 3. The third-order valence-electron chi connectivity index (χ3n) is 5.58. The highest BCUT2D eigenvalue weighted by Crippen LogP contribution is 2.47. The molecule has 4 rings (SSSR count). The van der Waals surface area contributed by atoms with Crippen molar-refractivity contribution in [3.63, 3.8) is 0 Å². The number of rotatable bonds is 6. The van der Waals surface area contributed by atoms with Gasteiger partial charge in [-0.15, -0.1) is 0 Å². The van der Waals surface area contributed by atoms with Crippen LogP contribution in [0.25, 0.3) is 0 Å². The second kappa shape index (κ2) is 8.43. The van der Waals surface area contributed by atoms with E-state index >= 15 is 0 Å². The number of halogens is 3. The molecule has 1 fully saturated rings. The first-order valence-electron chi connectivity index (χ1n) is 10.3. The SMILES string of the molecule is Cc1cc(C(C)(O)C2CC2)c(NC(=O)c2ccnc(Nc3ccc(C(F)(F)F)cn3)c2)cn1. The summed E-state index contributed by atoms with van der Waals surface area (Å²) in [6.45, 7) is 3.55. The van der Waals surface area contributed by atoms with Crippen molar-refractivity contribution in [1.29, 1.82) is 0 Å². The number of aliphatic hydroxyl groups is 1. The average Bonchev–Trinajstić information content (AvgIpc) is 3.61. The van der Waals surface area contributed by atoms with Crippen molar-refractivity contribution >= 4 is 23.2 Å². The zero-order valence-corrected chi connectivity index (χ0v) is 17.9. The maximum atomic E-state index is 12.9. The van der Waals surface area contributed by atoms with Gasteiger partial charge in [0.05, 0.1) is 23.0 Å². The summed E-state index contributed by atoms with van der Waals surface area (Å²) in [4.78, 5) is 25.0. The number of hydrogen-bond acceptors (Lipinski definition) is 6. The van der Waals surface area contributed by atoms with E-state index in [4.69, 9.17) is 0 Å². The molecule has 1 atom stereocenters. The van der Waals surface area contributed by atoms with E-state index in [0.717, 1.165) is 30.8 Å². The van der Waals surface area contributed by atoms with Gasteiger partial charge in [-0.2, -0.15) is 13.2 Å². The molecule has 7 nitrogen and oxygen atoms in total. The number of pyridine rings is 3. The molecule has 172 valence electrons. The third kappa shape index (κ3) is 5.11. The lowest BCUT2D eigenvalue weighted by molar-refractivity contribution is -0.137. The third-order valence-corrected chi connectivity index (χ3v) is 5.58. The van der Waals surface area contributed by atoms with Crippen molar-refractivity contribution in [3.8, 4) is 0 Å². The number of anilines is 3. The number of carbonyl (C=O) groups is 1. The predicted octanol–water partition coefficient (Wildman–Crippen LogP) is 4.81. The van der Waals surface area contributed by atoms with E-state index in [1.165, 1.54) is 30.6 Å². The van der Waals surface area contributed by atoms with Crippen LogP contribution < -0.4 is 10.6 Å². The molecule has 10 heteroatoms. The molecule has 3 aromatic heterocycles. The summed E-state index contributed by atoms with van der Waals surface area (Å²) in [5, 5.41) is 16.6. The van der Waals surface area contributed by atoms with Gasteiger partial charge in [0.15, 0.2) is 0 Å². The smallest absolute Gasteiger partial charge is 0.385 e. The van der Waals surface area contributed by atoms with Crippen LogP contribution in [0.2, 0.25) is 0 Å². The van der Waals surface area contributed by atoms with Gasteiger partial charge >= 0.3 is 6.18 Å². The molecule has 0 saturated heterocycles. The first-order valence-corrected chi connectivity index (χ1v) is 10.3. The predicted molar refractivity (Wildman–Crippen MR) is 116 cm³/mol. The van der Waals surface area contributed by atoms with E-state index < -0.39 is 23.2 Å². The molecule has 1 saturated carbocycles. The number of hydrogen-bond donors (Lipinski definition) is 3. The summed E-state index contributed by atoms with van der Waals surface area (Å²) in [5.41, 5.74) is 0.0553. The molecule has 3 heterocycles. The molecule has 0 spiro atoms. The lowest BCUT2D eigenvalue weighted by Crippen LogP contribution is -2.27. The molecule has 3 N–H and O–H groups in total. The summed E-state index contributed by atoms with van der Waals surface area (Å²) in [5.74, 6) is 0.0722. The molecule has 1 aliphatic carbocycles. The number of carbonyl (C=O) groups excluding carboxylic acids is 1. The Morgan fingerprint density at radius 3 is 2.45 bits per heavy atom. The van der Waals surface area contributed by atoms with Crippen molar-refractivity contribution in [2.75, 3.05) is 10.6 Å². The minimum Gasteiger partial charge on any atom is -0.385 e. The topological polar surface area (TPSA) is 100 Å². The first-order chi connectivity index (χ1) is 15.5. The first kappa shape index (κ1) is 22.7. The molecule has 3 aromatic rings. The summed E-state index contributed by atoms with van der Waals surface area (Å²) < 4.78 is 38.1. The van der Waals surface area contributed by atoms with E-state index in [2.05, 4.69) is 25.6 Å². The van der Waals surface area contributed by atoms with Gasteiger partial charge in [-0.05, 0) is 62.9 Å². The van der Waals surface area contributed by atoms with Crippen LogP contribution >= 0.6 is 0 Å². The molecular weight excluding hydrogens is 435 g/mol. The van der Waals surface area contributed by atoms with Gasteiger partial charge in [-0.25, -0.2) is 9.97 Å². The van der Waals surface area contributed by atoms with E-state index in [1.807, 2.05) is 6.92 Å². The standard InChI is InChI=1S/C23H22F3N5O2/c1-13-9-17(22(2,33)15-3-4-15)18(12-28-13)30-21(32)14-7-8-27-20(10-14)31-19-6-5-16(11-29-19)23(24,25)26/h5-12,15,33H,3-4H2,1-2H3,(H,30,32)(H,27,29,31). The van der Waals surface area contributed by atoms with Crippen molar-refractivity contribution in [3.05, 3.63) is 71.3 Å². The van der Waals surface area contributed by atoms with Crippen molar-refractivity contribution in [1.82, 2.24) is 15.0 Å². The summed E-state index contributed by atoms with van der Waals surface area (Å²) in [6.07, 6.45) is 0.992. The van der Waals surface area contributed by atoms with Crippen LogP contribution in [0.15, 0.2) is 48.9 Å². The van der Waals surface area contributed by atoms with Crippen LogP contribution in [0.3, 0.4) is 0 Å². The van der Waals surface area contributed by atoms with Crippen LogP contribution in [-0.2, 0) is 11.8 Å². The summed E-state index contributed by atoms with van der Waals surface area (Å²) in [7, 11) is 0. The minimum atomic E-state index is -4.48. The largest absolute Gasteiger partial charge is 0.417 e. The normalized spacial score (nSPS) is 15.6. The van der Waals surface area contributed by atoms with Gasteiger partial charge in [0, 0.05) is 29.2 Å². The van der Waals surface area contributed by atoms with E-state index in [9.17, 15) is 23.1 Å². The lowest BCUT2D eigenvalue weighted by Gasteiger charge is -2.26. The highest BCUT2D eigenvalue weighted by Gasteiger charge is 2.42. The van der Waals surface area contributed by atoms with Crippen molar-refractivity contribution in [2.24, 2.45) is 5.92 Å². The number of alkyl halides is 3. The summed E-state index contributed by atoms with van der Waals surface area (Å²) in [6, 6.07) is 6.81. The van der Waals surface area contributed by atoms with Crippen LogP contribution in [0, 0.1) is 12.8 Å². The van der Waals surface area contributed by atoms with E-state index in [-0.39, 0.29) is 23.1 Å². The van der Waals surface area contributed by atoms with E-state index in [0.29, 0.717) is 11.3 Å². The Bertz CT molecular complexity index is 1180. The second-order valence-electron chi connectivity index (χ2n) is 8.23. The van der Waals surface area contributed by atoms with Crippen LogP contribution in [-0.4, -0.2) is 26.0 Å². The zero-order valence-electron chi connectivity index (χ0n) is 17.9. The van der Waals surface area contributed by atoms with Gasteiger partial charge in [0.25, 0.3) is 5.91 Å². The van der Waals surface area contributed by atoms with Gasteiger partial charge in [0.1, 0.15) is 11.6 Å². The molecule has 1 aliphatic rings. The molecule has 33 heavy (non-hydrogen) atoms. The Hall–Kier alpha value is -3.53. The molecule has 1 amide bonds. The van der Waals surface area contributed by atoms with Gasteiger partial charge in [-0.1, -0.05) is 0 Å². The average molecular weight is 457 g/mol. The Morgan fingerprint density at radius 1 is 1.06 bits per heavy atom. The van der Waals surface area contributed by atoms with Crippen molar-refractivity contribution < 1.29 is 23.1 Å². The fourth-order valence-corrected chi connectivity index (χ4v) is 3.54. The van der Waals surface area contributed by atoms with E-state index in [1.54, 1.807) is 13.0 Å². The van der Waals surface area contributed by atoms with Crippen molar-refractivity contribution in [2.45, 2.75) is 38.5 Å². The molecule has 0 bridgehead atoms. The van der Waals surface area contributed by atoms with Crippen LogP contribution in [0.4, 0.5) is 30.5 Å². The fourth-order valence-electron chi connectivity index (χ4n) is 3.54. The Balaban J connectivity index is 1.52. The number of nitrogens with zero attached hydrogens (tertiary/aromatic N) is 3. The second-order valence-corrected chi connectivity index (χ2v) is 8.23. The van der Waals surface area contributed by atoms with Crippen LogP contribution in [0.1, 0.15) is 46.9 Å². The zero-order chi connectivity index (χ0) is 23.8. The van der Waals surface area contributed by atoms with Gasteiger partial charge in [-0.3, -0.25) is 9.78 Å². The quantitative estimate of drug-likeness (QED) is 0.491. The van der Waals surface area contributed by atoms with Crippen LogP contribution in [0.5, 0.6) is 0 Å². The lowest BCUT2D eigenvalue weighted by atomic mass is 9.89. The highest BCUT2D eigenvalue weighted by molar-refractivity contribution is 6.05. The molecular formula is C23H22F3N5O2. The molecule has 0 radical (unpaired) electrons. The number of nitrogens with one attached hydrogen (secondary N) is 2. The van der Waals surface area contributed by atoms with Gasteiger partial charge < -0.3 is 15.7 Å². The number of aryl methyl sites for hydroxylation is 1. The fraction of sp³-hybridized carbons (Fsp3) is 0.304. The maximum absolute atomic E-state index is 12.9. The Labute approximate surface area is 188 Å². The molecule has 1 unspecified atom stereocenters. The maximum Gasteiger partial charge on any atom is 0.417 e. The monoisotopic (exact) mass is 457 g/mol. The Morgan fingerprint density at radius 2 is 1.82 bits per heavy atom. The molecule has 0 aromatic carbocycles. The number of amides is 1. The highest BCUT2D eigenvalue weighted by atomic mass is 19.4. The van der Waals surface area contributed by atoms with Gasteiger partial charge in [0.2, 0.25) is 0 Å². The Kier molecular flexibility index (Phi) is 5.79. The summed E-state index contributed by atoms with van der Waals surface area (Å²) >= 11 is 0. The minimum absolute atomic E-state index is 0.128. The molecule has 0 aliphatic heterocycles.